The molecule has 1 amide bonds. The molecule has 0 spiro atoms. The molecular formula is C21H29NO3. The highest BCUT2D eigenvalue weighted by Gasteiger charge is 2.54. The van der Waals surface area contributed by atoms with Gasteiger partial charge in [0.2, 0.25) is 5.91 Å². The van der Waals surface area contributed by atoms with Crippen molar-refractivity contribution in [3.63, 3.8) is 0 Å². The third kappa shape index (κ3) is 3.36. The van der Waals surface area contributed by atoms with Gasteiger partial charge in [0, 0.05) is 12.3 Å². The molecule has 1 aromatic rings. The van der Waals surface area contributed by atoms with Crippen molar-refractivity contribution >= 4 is 5.91 Å². The highest BCUT2D eigenvalue weighted by molar-refractivity contribution is 5.82. The normalized spacial score (nSPS) is 28.7. The molecule has 0 radical (unpaired) electrons. The number of nitrogens with one attached hydrogen (secondary N) is 1. The Morgan fingerprint density at radius 3 is 2.40 bits per heavy atom. The Morgan fingerprint density at radius 1 is 1.04 bits per heavy atom. The predicted octanol–water partition coefficient (Wildman–Crippen LogP) is 4.10. The maximum Gasteiger partial charge on any atom is 0.224 e. The second kappa shape index (κ2) is 6.89. The molecule has 1 N–H and O–H groups in total. The van der Waals surface area contributed by atoms with Crippen LogP contribution in [0.3, 0.4) is 0 Å². The first-order chi connectivity index (χ1) is 12.1. The van der Waals surface area contributed by atoms with Gasteiger partial charge in [-0.3, -0.25) is 4.79 Å². The van der Waals surface area contributed by atoms with Gasteiger partial charge in [-0.2, -0.15) is 0 Å². The Bertz CT molecular complexity index is 630. The van der Waals surface area contributed by atoms with Gasteiger partial charge in [-0.1, -0.05) is 32.8 Å². The number of ether oxygens (including phenoxy) is 2. The van der Waals surface area contributed by atoms with E-state index in [-0.39, 0.29) is 17.9 Å². The van der Waals surface area contributed by atoms with E-state index in [1.54, 1.807) is 0 Å². The molecule has 2 fully saturated rings. The second-order valence-electron chi connectivity index (χ2n) is 8.12. The van der Waals surface area contributed by atoms with Crippen LogP contribution in [0.25, 0.3) is 0 Å². The largest absolute Gasteiger partial charge is 0.490 e. The Kier molecular flexibility index (Phi) is 4.61. The van der Waals surface area contributed by atoms with Crippen LogP contribution in [0.2, 0.25) is 0 Å². The Hall–Kier alpha value is -1.71. The Labute approximate surface area is 150 Å². The molecule has 0 saturated heterocycles. The van der Waals surface area contributed by atoms with Crippen LogP contribution in [0.15, 0.2) is 18.2 Å². The summed E-state index contributed by atoms with van der Waals surface area (Å²) in [5, 5.41) is 3.34. The van der Waals surface area contributed by atoms with Crippen molar-refractivity contribution in [3.05, 3.63) is 23.8 Å². The van der Waals surface area contributed by atoms with Crippen LogP contribution < -0.4 is 14.8 Å². The molecule has 0 bridgehead atoms. The van der Waals surface area contributed by atoms with Gasteiger partial charge in [-0.05, 0) is 48.3 Å². The van der Waals surface area contributed by atoms with E-state index in [2.05, 4.69) is 25.2 Å². The summed E-state index contributed by atoms with van der Waals surface area (Å²) in [5.74, 6) is 3.73. The smallest absolute Gasteiger partial charge is 0.224 e. The summed E-state index contributed by atoms with van der Waals surface area (Å²) in [6, 6.07) is 6.12. The lowest BCUT2D eigenvalue weighted by Gasteiger charge is -2.24. The average molecular weight is 343 g/mol. The van der Waals surface area contributed by atoms with Gasteiger partial charge in [0.05, 0.1) is 19.3 Å². The number of rotatable bonds is 4. The first-order valence-electron chi connectivity index (χ1n) is 9.85. The minimum Gasteiger partial charge on any atom is -0.490 e. The molecule has 3 atom stereocenters. The minimum atomic E-state index is 0.0207. The van der Waals surface area contributed by atoms with E-state index >= 15 is 0 Å². The first kappa shape index (κ1) is 16.7. The zero-order chi connectivity index (χ0) is 17.4. The van der Waals surface area contributed by atoms with Crippen molar-refractivity contribution in [3.8, 4) is 11.5 Å². The third-order valence-corrected chi connectivity index (χ3v) is 6.05. The molecule has 0 unspecified atom stereocenters. The van der Waals surface area contributed by atoms with Crippen LogP contribution in [-0.2, 0) is 4.79 Å². The summed E-state index contributed by atoms with van der Waals surface area (Å²) in [4.78, 5) is 12.8. The molecular weight excluding hydrogens is 314 g/mol. The number of hydrogen-bond acceptors (Lipinski definition) is 3. The van der Waals surface area contributed by atoms with E-state index in [1.165, 1.54) is 25.7 Å². The molecule has 4 heteroatoms. The number of hydrogen-bond donors (Lipinski definition) is 1. The number of benzene rings is 1. The van der Waals surface area contributed by atoms with Gasteiger partial charge in [0.1, 0.15) is 0 Å². The van der Waals surface area contributed by atoms with Crippen molar-refractivity contribution in [2.75, 3.05) is 13.2 Å². The number of carbonyl (C=O) groups is 1. The lowest BCUT2D eigenvalue weighted by Crippen LogP contribution is -2.33. The predicted molar refractivity (Wildman–Crippen MR) is 96.7 cm³/mol. The minimum absolute atomic E-state index is 0.0207. The molecule has 1 aliphatic heterocycles. The summed E-state index contributed by atoms with van der Waals surface area (Å²) < 4.78 is 11.5. The van der Waals surface area contributed by atoms with Crippen LogP contribution in [0.1, 0.15) is 57.6 Å². The maximum absolute atomic E-state index is 12.8. The van der Waals surface area contributed by atoms with E-state index in [1.807, 2.05) is 12.1 Å². The highest BCUT2D eigenvalue weighted by Crippen LogP contribution is 2.55. The van der Waals surface area contributed by atoms with Crippen molar-refractivity contribution in [2.45, 2.75) is 52.0 Å². The quantitative estimate of drug-likeness (QED) is 0.895. The van der Waals surface area contributed by atoms with Crippen LogP contribution in [0.4, 0.5) is 0 Å². The molecule has 3 aliphatic rings. The maximum atomic E-state index is 12.8. The number of fused-ring (bicyclic) bond motifs is 2. The van der Waals surface area contributed by atoms with Gasteiger partial charge in [0.15, 0.2) is 11.5 Å². The number of amides is 1. The van der Waals surface area contributed by atoms with Gasteiger partial charge in [-0.15, -0.1) is 0 Å². The summed E-state index contributed by atoms with van der Waals surface area (Å²) in [5.41, 5.74) is 1.11. The van der Waals surface area contributed by atoms with Gasteiger partial charge >= 0.3 is 0 Å². The van der Waals surface area contributed by atoms with Crippen LogP contribution in [0, 0.1) is 23.7 Å². The van der Waals surface area contributed by atoms with Gasteiger partial charge in [0.25, 0.3) is 0 Å². The van der Waals surface area contributed by atoms with Crippen LogP contribution in [-0.4, -0.2) is 19.1 Å². The fourth-order valence-corrected chi connectivity index (χ4v) is 4.64. The second-order valence-corrected chi connectivity index (χ2v) is 8.12. The monoisotopic (exact) mass is 343 g/mol. The molecule has 4 nitrogen and oxygen atoms in total. The lowest BCUT2D eigenvalue weighted by atomic mass is 9.95. The average Bonchev–Trinajstić information content (AvgIpc) is 3.37. The van der Waals surface area contributed by atoms with E-state index in [0.717, 1.165) is 23.5 Å². The Morgan fingerprint density at radius 2 is 1.72 bits per heavy atom. The summed E-state index contributed by atoms with van der Waals surface area (Å²) in [6.07, 6.45) is 5.96. The molecule has 1 heterocycles. The van der Waals surface area contributed by atoms with Gasteiger partial charge in [-0.25, -0.2) is 0 Å². The van der Waals surface area contributed by atoms with Crippen molar-refractivity contribution < 1.29 is 14.3 Å². The van der Waals surface area contributed by atoms with E-state index in [0.29, 0.717) is 31.0 Å². The summed E-state index contributed by atoms with van der Waals surface area (Å²) in [7, 11) is 0. The van der Waals surface area contributed by atoms with Crippen molar-refractivity contribution in [2.24, 2.45) is 23.7 Å². The molecule has 4 rings (SSSR count). The van der Waals surface area contributed by atoms with E-state index in [9.17, 15) is 4.79 Å². The zero-order valence-corrected chi connectivity index (χ0v) is 15.3. The molecule has 25 heavy (non-hydrogen) atoms. The SMILES string of the molecule is CC(C)[C@H](NC(=O)C1[C@@H]2CCCC[C@@H]12)c1ccc2c(c1)OCCCO2. The molecule has 2 aliphatic carbocycles. The van der Waals surface area contributed by atoms with E-state index in [4.69, 9.17) is 9.47 Å². The fourth-order valence-electron chi connectivity index (χ4n) is 4.64. The molecule has 2 saturated carbocycles. The lowest BCUT2D eigenvalue weighted by molar-refractivity contribution is -0.124. The Balaban J connectivity index is 1.49. The molecule has 1 aromatic carbocycles. The van der Waals surface area contributed by atoms with Crippen molar-refractivity contribution in [1.29, 1.82) is 0 Å². The van der Waals surface area contributed by atoms with Crippen LogP contribution >= 0.6 is 0 Å². The van der Waals surface area contributed by atoms with Crippen molar-refractivity contribution in [1.82, 2.24) is 5.32 Å². The third-order valence-electron chi connectivity index (χ3n) is 6.05. The first-order valence-corrected chi connectivity index (χ1v) is 9.85. The number of carbonyl (C=O) groups excluding carboxylic acids is 1. The summed E-state index contributed by atoms with van der Waals surface area (Å²) in [6.45, 7) is 5.70. The standard InChI is InChI=1S/C21H29NO3/c1-13(2)20(22-21(23)19-15-6-3-4-7-16(15)19)14-8-9-17-18(12-14)25-11-5-10-24-17/h8-9,12-13,15-16,19-20H,3-7,10-11H2,1-2H3,(H,22,23)/t15-,16-,20+/m1/s1. The van der Waals surface area contributed by atoms with Gasteiger partial charge < -0.3 is 14.8 Å². The summed E-state index contributed by atoms with van der Waals surface area (Å²) >= 11 is 0. The zero-order valence-electron chi connectivity index (χ0n) is 15.3. The van der Waals surface area contributed by atoms with Crippen LogP contribution in [0.5, 0.6) is 11.5 Å². The fraction of sp³-hybridized carbons (Fsp3) is 0.667. The molecule has 136 valence electrons. The van der Waals surface area contributed by atoms with E-state index < -0.39 is 0 Å². The highest BCUT2D eigenvalue weighted by atomic mass is 16.5. The molecule has 0 aromatic heterocycles. The topological polar surface area (TPSA) is 47.6 Å².